The Balaban J connectivity index is 2.09. The van der Waals surface area contributed by atoms with E-state index in [1.165, 1.54) is 19.1 Å². The largest absolute Gasteiger partial charge is 0.459 e. The normalized spacial score (nSPS) is 14.9. The van der Waals surface area contributed by atoms with Gasteiger partial charge in [0, 0.05) is 12.0 Å². The summed E-state index contributed by atoms with van der Waals surface area (Å²) < 4.78 is 105. The van der Waals surface area contributed by atoms with Gasteiger partial charge >= 0.3 is 18.3 Å². The molecular weight excluding hydrogens is 418 g/mol. The van der Waals surface area contributed by atoms with E-state index < -0.39 is 36.0 Å². The summed E-state index contributed by atoms with van der Waals surface area (Å²) in [5.41, 5.74) is -2.80. The number of fused-ring (bicyclic) bond motifs is 1. The van der Waals surface area contributed by atoms with Crippen molar-refractivity contribution in [1.29, 1.82) is 0 Å². The molecule has 0 unspecified atom stereocenters. The van der Waals surface area contributed by atoms with E-state index in [1.54, 1.807) is 0 Å². The van der Waals surface area contributed by atoms with Crippen LogP contribution in [0.3, 0.4) is 0 Å². The summed E-state index contributed by atoms with van der Waals surface area (Å²) in [5.74, 6) is -5.15. The van der Waals surface area contributed by atoms with Gasteiger partial charge in [-0.2, -0.15) is 35.1 Å². The SMILES string of the molecule is Cc1ccc(-c2cc3c(cc2Cl)N=C(C(F)(F)C(F)(F)F)C3)c(C(F)(F)F)c1. The maximum absolute atomic E-state index is 13.6. The maximum atomic E-state index is 13.6. The van der Waals surface area contributed by atoms with Gasteiger partial charge < -0.3 is 0 Å². The second-order valence-electron chi connectivity index (χ2n) is 6.31. The van der Waals surface area contributed by atoms with E-state index in [4.69, 9.17) is 11.6 Å². The van der Waals surface area contributed by atoms with E-state index in [2.05, 4.69) is 4.99 Å². The van der Waals surface area contributed by atoms with Crippen molar-refractivity contribution < 1.29 is 35.1 Å². The van der Waals surface area contributed by atoms with Crippen LogP contribution in [0.15, 0.2) is 35.3 Å². The summed E-state index contributed by atoms with van der Waals surface area (Å²) >= 11 is 6.01. The molecule has 0 N–H and O–H groups in total. The lowest BCUT2D eigenvalue weighted by Crippen LogP contribution is -2.44. The molecule has 0 radical (unpaired) electrons. The van der Waals surface area contributed by atoms with Crippen molar-refractivity contribution in [3.8, 4) is 11.1 Å². The highest BCUT2D eigenvalue weighted by atomic mass is 35.5. The first-order valence-electron chi connectivity index (χ1n) is 7.75. The zero-order chi connectivity index (χ0) is 21.1. The fraction of sp³-hybridized carbons (Fsp3) is 0.278. The molecule has 2 aromatic rings. The van der Waals surface area contributed by atoms with Crippen molar-refractivity contribution in [2.75, 3.05) is 0 Å². The third-order valence-corrected chi connectivity index (χ3v) is 4.58. The number of hydrogen-bond acceptors (Lipinski definition) is 1. The highest BCUT2D eigenvalue weighted by Gasteiger charge is 2.61. The van der Waals surface area contributed by atoms with Gasteiger partial charge in [0.25, 0.3) is 0 Å². The summed E-state index contributed by atoms with van der Waals surface area (Å²) in [7, 11) is 0. The van der Waals surface area contributed by atoms with E-state index >= 15 is 0 Å². The molecule has 0 saturated heterocycles. The van der Waals surface area contributed by atoms with Crippen LogP contribution in [-0.2, 0) is 12.6 Å². The highest BCUT2D eigenvalue weighted by molar-refractivity contribution is 6.33. The quantitative estimate of drug-likeness (QED) is 0.451. The van der Waals surface area contributed by atoms with Gasteiger partial charge in [0.1, 0.15) is 5.71 Å². The summed E-state index contributed by atoms with van der Waals surface area (Å²) in [6.45, 7) is 1.46. The fourth-order valence-electron chi connectivity index (χ4n) is 2.90. The molecule has 1 nitrogen and oxygen atoms in total. The Morgan fingerprint density at radius 3 is 2.11 bits per heavy atom. The molecule has 0 saturated carbocycles. The molecule has 150 valence electrons. The van der Waals surface area contributed by atoms with E-state index in [-0.39, 0.29) is 27.4 Å². The summed E-state index contributed by atoms with van der Waals surface area (Å²) in [4.78, 5) is 3.31. The molecule has 0 atom stereocenters. The van der Waals surface area contributed by atoms with Crippen LogP contribution in [0.25, 0.3) is 11.1 Å². The highest BCUT2D eigenvalue weighted by Crippen LogP contribution is 2.46. The maximum Gasteiger partial charge on any atom is 0.459 e. The number of aryl methyl sites for hydroxylation is 1. The molecule has 0 fully saturated rings. The first-order chi connectivity index (χ1) is 12.7. The third-order valence-electron chi connectivity index (χ3n) is 4.27. The van der Waals surface area contributed by atoms with Crippen molar-refractivity contribution in [1.82, 2.24) is 0 Å². The van der Waals surface area contributed by atoms with Crippen molar-refractivity contribution in [3.05, 3.63) is 52.0 Å². The molecule has 0 spiro atoms. The van der Waals surface area contributed by atoms with Gasteiger partial charge in [-0.1, -0.05) is 29.3 Å². The van der Waals surface area contributed by atoms with Gasteiger partial charge in [-0.15, -0.1) is 0 Å². The van der Waals surface area contributed by atoms with Gasteiger partial charge in [-0.25, -0.2) is 0 Å². The standard InChI is InChI=1S/C18H10ClF8N/c1-8-2-3-10(12(4-8)17(22,23)24)11-5-9-6-15(16(20,21)18(25,26)27)28-14(9)7-13(11)19/h2-5,7H,6H2,1H3. The summed E-state index contributed by atoms with van der Waals surface area (Å²) in [5, 5.41) is -0.242. The Morgan fingerprint density at radius 1 is 0.893 bits per heavy atom. The number of rotatable bonds is 2. The minimum absolute atomic E-state index is 0.0629. The lowest BCUT2D eigenvalue weighted by atomic mass is 9.94. The minimum Gasteiger partial charge on any atom is -0.250 e. The molecule has 2 aromatic carbocycles. The molecule has 0 aromatic heterocycles. The molecule has 28 heavy (non-hydrogen) atoms. The minimum atomic E-state index is -5.83. The fourth-order valence-corrected chi connectivity index (χ4v) is 3.16. The monoisotopic (exact) mass is 427 g/mol. The number of aliphatic imine (C=N–C) groups is 1. The number of hydrogen-bond donors (Lipinski definition) is 0. The Hall–Kier alpha value is -2.16. The zero-order valence-corrected chi connectivity index (χ0v) is 14.7. The molecule has 10 heteroatoms. The van der Waals surface area contributed by atoms with Gasteiger partial charge in [-0.05, 0) is 36.2 Å². The molecule has 0 bridgehead atoms. The summed E-state index contributed by atoms with van der Waals surface area (Å²) in [6, 6.07) is 5.55. The topological polar surface area (TPSA) is 12.4 Å². The van der Waals surface area contributed by atoms with Gasteiger partial charge in [-0.3, -0.25) is 4.99 Å². The summed E-state index contributed by atoms with van der Waals surface area (Å²) in [6.07, 6.45) is -11.4. The Kier molecular flexibility index (Phi) is 4.73. The smallest absolute Gasteiger partial charge is 0.250 e. The van der Waals surface area contributed by atoms with Crippen LogP contribution >= 0.6 is 11.6 Å². The second kappa shape index (κ2) is 6.43. The third kappa shape index (κ3) is 3.47. The molecule has 1 aliphatic rings. The number of alkyl halides is 8. The molecule has 0 amide bonds. The van der Waals surface area contributed by atoms with Crippen LogP contribution in [0, 0.1) is 6.92 Å². The lowest BCUT2D eigenvalue weighted by molar-refractivity contribution is -0.249. The molecule has 1 heterocycles. The first kappa shape index (κ1) is 20.6. The number of benzene rings is 2. The number of nitrogens with zero attached hydrogens (tertiary/aromatic N) is 1. The zero-order valence-electron chi connectivity index (χ0n) is 13.9. The van der Waals surface area contributed by atoms with Crippen LogP contribution in [0.5, 0.6) is 0 Å². The van der Waals surface area contributed by atoms with Crippen LogP contribution < -0.4 is 0 Å². The predicted molar refractivity (Wildman–Crippen MR) is 88.4 cm³/mol. The molecule has 1 aliphatic heterocycles. The first-order valence-corrected chi connectivity index (χ1v) is 8.13. The Bertz CT molecular complexity index is 973. The molecule has 3 rings (SSSR count). The van der Waals surface area contributed by atoms with Crippen LogP contribution in [0.2, 0.25) is 5.02 Å². The molecule has 0 aliphatic carbocycles. The predicted octanol–water partition coefficient (Wildman–Crippen LogP) is 7.16. The average Bonchev–Trinajstić information content (AvgIpc) is 2.95. The van der Waals surface area contributed by atoms with Crippen molar-refractivity contribution in [2.45, 2.75) is 31.6 Å². The van der Waals surface area contributed by atoms with Crippen molar-refractivity contribution in [2.24, 2.45) is 4.99 Å². The van der Waals surface area contributed by atoms with E-state index in [9.17, 15) is 35.1 Å². The van der Waals surface area contributed by atoms with Crippen molar-refractivity contribution >= 4 is 23.0 Å². The van der Waals surface area contributed by atoms with Gasteiger partial charge in [0.2, 0.25) is 0 Å². The Labute approximate surface area is 158 Å². The van der Waals surface area contributed by atoms with Crippen LogP contribution in [0.1, 0.15) is 16.7 Å². The molecular formula is C18H10ClF8N. The van der Waals surface area contributed by atoms with Crippen LogP contribution in [0.4, 0.5) is 40.8 Å². The average molecular weight is 428 g/mol. The Morgan fingerprint density at radius 2 is 1.54 bits per heavy atom. The second-order valence-corrected chi connectivity index (χ2v) is 6.72. The van der Waals surface area contributed by atoms with E-state index in [1.807, 2.05) is 0 Å². The van der Waals surface area contributed by atoms with E-state index in [0.29, 0.717) is 5.56 Å². The van der Waals surface area contributed by atoms with Crippen molar-refractivity contribution in [3.63, 3.8) is 0 Å². The van der Waals surface area contributed by atoms with Gasteiger partial charge in [0.15, 0.2) is 0 Å². The van der Waals surface area contributed by atoms with E-state index in [0.717, 1.165) is 18.2 Å². The lowest BCUT2D eigenvalue weighted by Gasteiger charge is -2.19. The number of halogens is 9. The van der Waals surface area contributed by atoms with Gasteiger partial charge in [0.05, 0.1) is 16.3 Å². The van der Waals surface area contributed by atoms with Crippen LogP contribution in [-0.4, -0.2) is 17.8 Å².